The van der Waals surface area contributed by atoms with Gasteiger partial charge in [0, 0.05) is 0 Å². The third kappa shape index (κ3) is 3.12. The van der Waals surface area contributed by atoms with Crippen molar-refractivity contribution in [1.29, 1.82) is 0 Å². The van der Waals surface area contributed by atoms with Crippen molar-refractivity contribution in [2.45, 2.75) is 88.9 Å². The quantitative estimate of drug-likeness (QED) is 0.529. The molecule has 18 heavy (non-hydrogen) atoms. The third-order valence-corrected chi connectivity index (χ3v) is 12.9. The average molecular weight is 286 g/mol. The predicted octanol–water partition coefficient (Wildman–Crippen LogP) is 5.87. The van der Waals surface area contributed by atoms with Gasteiger partial charge in [0.2, 0.25) is 0 Å². The molecule has 2 saturated heterocycles. The zero-order valence-electron chi connectivity index (χ0n) is 13.3. The van der Waals surface area contributed by atoms with Gasteiger partial charge in [0.1, 0.15) is 0 Å². The molecule has 0 aromatic rings. The Morgan fingerprint density at radius 1 is 0.667 bits per heavy atom. The normalized spacial score (nSPS) is 38.3. The van der Waals surface area contributed by atoms with Crippen LogP contribution in [0.1, 0.15) is 67.2 Å². The van der Waals surface area contributed by atoms with Crippen LogP contribution in [0.2, 0.25) is 0 Å². The highest BCUT2D eigenvalue weighted by atomic mass is 31.1. The van der Waals surface area contributed by atoms with E-state index < -0.39 is 0 Å². The van der Waals surface area contributed by atoms with Gasteiger partial charge in [-0.05, 0) is 59.6 Å². The maximum atomic E-state index is 2.51. The van der Waals surface area contributed by atoms with Crippen molar-refractivity contribution in [2.24, 2.45) is 0 Å². The summed E-state index contributed by atoms with van der Waals surface area (Å²) in [5.74, 6) is 0. The first kappa shape index (κ1) is 15.3. The number of hydrogen-bond donors (Lipinski definition) is 0. The zero-order chi connectivity index (χ0) is 13.6. The Kier molecular flexibility index (Phi) is 4.52. The lowest BCUT2D eigenvalue weighted by Crippen LogP contribution is -2.29. The topological polar surface area (TPSA) is 0 Å². The first-order valence-corrected chi connectivity index (χ1v) is 10.9. The molecule has 2 heterocycles. The van der Waals surface area contributed by atoms with Crippen LogP contribution in [-0.4, -0.2) is 34.0 Å². The van der Waals surface area contributed by atoms with Crippen molar-refractivity contribution in [3.05, 3.63) is 0 Å². The van der Waals surface area contributed by atoms with Gasteiger partial charge in [0.15, 0.2) is 0 Å². The van der Waals surface area contributed by atoms with E-state index in [1.165, 1.54) is 12.8 Å². The fourth-order valence-electron chi connectivity index (χ4n) is 4.05. The second kappa shape index (κ2) is 5.33. The molecule has 0 spiro atoms. The molecule has 106 valence electrons. The lowest BCUT2D eigenvalue weighted by Gasteiger charge is -2.42. The Morgan fingerprint density at radius 3 is 1.28 bits per heavy atom. The van der Waals surface area contributed by atoms with Gasteiger partial charge in [-0.2, -0.15) is 0 Å². The molecule has 0 aromatic heterocycles. The van der Waals surface area contributed by atoms with Crippen LogP contribution in [0.4, 0.5) is 0 Å². The second-order valence-corrected chi connectivity index (χ2v) is 14.9. The molecule has 2 fully saturated rings. The smallest absolute Gasteiger partial charge is 0.0136 e. The van der Waals surface area contributed by atoms with Crippen molar-refractivity contribution < 1.29 is 0 Å². The van der Waals surface area contributed by atoms with E-state index in [9.17, 15) is 0 Å². The van der Waals surface area contributed by atoms with E-state index in [0.29, 0.717) is 10.3 Å². The molecule has 0 saturated carbocycles. The Bertz CT molecular complexity index is 254. The van der Waals surface area contributed by atoms with E-state index >= 15 is 0 Å². The Morgan fingerprint density at radius 2 is 1.00 bits per heavy atom. The van der Waals surface area contributed by atoms with E-state index in [-0.39, 0.29) is 15.8 Å². The molecule has 0 N–H and O–H groups in total. The van der Waals surface area contributed by atoms with Gasteiger partial charge >= 0.3 is 0 Å². The minimum atomic E-state index is 0.282. The molecule has 2 rings (SSSR count). The highest BCUT2D eigenvalue weighted by Crippen LogP contribution is 2.69. The largest absolute Gasteiger partial charge is 0.0974 e. The molecule has 0 bridgehead atoms. The van der Waals surface area contributed by atoms with E-state index in [0.717, 1.165) is 11.3 Å². The molecule has 4 atom stereocenters. The summed E-state index contributed by atoms with van der Waals surface area (Å²) in [6, 6.07) is 0. The monoisotopic (exact) mass is 286 g/mol. The van der Waals surface area contributed by atoms with Crippen LogP contribution in [0.3, 0.4) is 0 Å². The molecule has 0 nitrogen and oxygen atoms in total. The van der Waals surface area contributed by atoms with E-state index in [4.69, 9.17) is 0 Å². The van der Waals surface area contributed by atoms with Crippen LogP contribution < -0.4 is 0 Å². The van der Waals surface area contributed by atoms with Crippen molar-refractivity contribution in [1.82, 2.24) is 0 Å². The molecular formula is C16H32P2. The van der Waals surface area contributed by atoms with E-state index in [1.54, 1.807) is 25.2 Å². The van der Waals surface area contributed by atoms with Gasteiger partial charge in [-0.25, -0.2) is 0 Å². The molecule has 2 unspecified atom stereocenters. The van der Waals surface area contributed by atoms with Gasteiger partial charge in [-0.1, -0.05) is 57.4 Å². The van der Waals surface area contributed by atoms with Gasteiger partial charge in [-0.3, -0.25) is 0 Å². The third-order valence-electron chi connectivity index (χ3n) is 4.77. The van der Waals surface area contributed by atoms with E-state index in [2.05, 4.69) is 41.5 Å². The first-order chi connectivity index (χ1) is 8.21. The molecule has 0 radical (unpaired) electrons. The molecule has 2 aliphatic heterocycles. The SMILES string of the molecule is CC(C)(C)P1CCC[C@@H]1[C@H]1CCCP1C(C)(C)C. The molecule has 0 amide bonds. The number of hydrogen-bond acceptors (Lipinski definition) is 0. The minimum absolute atomic E-state index is 0.282. The first-order valence-electron chi connectivity index (χ1n) is 7.75. The summed E-state index contributed by atoms with van der Waals surface area (Å²) >= 11 is 0. The van der Waals surface area contributed by atoms with Gasteiger partial charge in [-0.15, -0.1) is 0 Å². The summed E-state index contributed by atoms with van der Waals surface area (Å²) in [7, 11) is 0.564. The Labute approximate surface area is 117 Å². The summed E-state index contributed by atoms with van der Waals surface area (Å²) in [6.07, 6.45) is 9.29. The van der Waals surface area contributed by atoms with Crippen molar-refractivity contribution in [3.8, 4) is 0 Å². The molecule has 0 aromatic carbocycles. The summed E-state index contributed by atoms with van der Waals surface area (Å²) < 4.78 is 0. The standard InChI is InChI=1S/C16H32P2/c1-15(2,3)17-11-7-9-13(17)14-10-8-12-18(14)16(4,5)6/h13-14H,7-12H2,1-6H3/t13-,14-,17?,18?/m1/s1. The molecule has 2 heteroatoms. The average Bonchev–Trinajstić information content (AvgIpc) is 2.83. The van der Waals surface area contributed by atoms with Crippen molar-refractivity contribution in [3.63, 3.8) is 0 Å². The second-order valence-electron chi connectivity index (χ2n) is 8.15. The minimum Gasteiger partial charge on any atom is -0.0974 e. The van der Waals surface area contributed by atoms with Crippen LogP contribution in [-0.2, 0) is 0 Å². The van der Waals surface area contributed by atoms with Gasteiger partial charge < -0.3 is 0 Å². The number of rotatable bonds is 1. The van der Waals surface area contributed by atoms with Crippen LogP contribution in [0, 0.1) is 0 Å². The molecule has 2 aliphatic rings. The summed E-state index contributed by atoms with van der Waals surface area (Å²) in [5.41, 5.74) is 2.24. The predicted molar refractivity (Wildman–Crippen MR) is 89.1 cm³/mol. The lowest BCUT2D eigenvalue weighted by atomic mass is 10.1. The van der Waals surface area contributed by atoms with Gasteiger partial charge in [0.25, 0.3) is 0 Å². The van der Waals surface area contributed by atoms with Crippen LogP contribution >= 0.6 is 15.8 Å². The maximum Gasteiger partial charge on any atom is -0.0136 e. The summed E-state index contributed by atoms with van der Waals surface area (Å²) in [4.78, 5) is 0. The summed E-state index contributed by atoms with van der Waals surface area (Å²) in [5, 5.41) is 1.19. The van der Waals surface area contributed by atoms with Gasteiger partial charge in [0.05, 0.1) is 0 Å². The lowest BCUT2D eigenvalue weighted by molar-refractivity contribution is 0.671. The highest BCUT2D eigenvalue weighted by molar-refractivity contribution is 7.64. The zero-order valence-corrected chi connectivity index (χ0v) is 15.1. The fraction of sp³-hybridized carbons (Fsp3) is 1.00. The van der Waals surface area contributed by atoms with Crippen LogP contribution in [0.25, 0.3) is 0 Å². The summed E-state index contributed by atoms with van der Waals surface area (Å²) in [6.45, 7) is 15.0. The van der Waals surface area contributed by atoms with Crippen molar-refractivity contribution in [2.75, 3.05) is 12.3 Å². The van der Waals surface area contributed by atoms with Crippen molar-refractivity contribution >= 4 is 15.8 Å². The van der Waals surface area contributed by atoms with E-state index in [1.807, 2.05) is 0 Å². The molecule has 0 aliphatic carbocycles. The van der Waals surface area contributed by atoms with Crippen LogP contribution in [0.5, 0.6) is 0 Å². The molecular weight excluding hydrogens is 254 g/mol. The fourth-order valence-corrected chi connectivity index (χ4v) is 12.2. The Hall–Kier alpha value is 0.860. The Balaban J connectivity index is 2.15. The highest BCUT2D eigenvalue weighted by Gasteiger charge is 2.46. The van der Waals surface area contributed by atoms with Crippen LogP contribution in [0.15, 0.2) is 0 Å². The maximum absolute atomic E-state index is 2.51.